The monoisotopic (exact) mass is 702 g/mol. The molecular formula is C52H46O2. The van der Waals surface area contributed by atoms with Gasteiger partial charge < -0.3 is 10.2 Å². The molecule has 0 bridgehead atoms. The predicted molar refractivity (Wildman–Crippen MR) is 225 cm³/mol. The average molecular weight is 703 g/mol. The van der Waals surface area contributed by atoms with Gasteiger partial charge in [-0.25, -0.2) is 0 Å². The number of hydrogen-bond acceptors (Lipinski definition) is 2. The quantitative estimate of drug-likeness (QED) is 0.192. The number of rotatable bonds is 4. The molecule has 2 heteroatoms. The molecule has 2 aliphatic rings. The van der Waals surface area contributed by atoms with Crippen LogP contribution in [0.3, 0.4) is 0 Å². The van der Waals surface area contributed by atoms with Crippen molar-refractivity contribution in [3.05, 3.63) is 167 Å². The van der Waals surface area contributed by atoms with Gasteiger partial charge in [0.15, 0.2) is 0 Å². The second-order valence-electron chi connectivity index (χ2n) is 17.2. The third-order valence-electron chi connectivity index (χ3n) is 11.8. The Labute approximate surface area is 319 Å². The van der Waals surface area contributed by atoms with E-state index in [1.165, 1.54) is 55.6 Å². The molecule has 0 saturated heterocycles. The number of aromatic hydroxyl groups is 2. The van der Waals surface area contributed by atoms with Gasteiger partial charge in [-0.05, 0) is 119 Å². The van der Waals surface area contributed by atoms with Crippen LogP contribution in [-0.4, -0.2) is 10.2 Å². The highest BCUT2D eigenvalue weighted by molar-refractivity contribution is 6.00. The first-order chi connectivity index (χ1) is 25.9. The normalized spacial score (nSPS) is 13.0. The summed E-state index contributed by atoms with van der Waals surface area (Å²) in [4.78, 5) is 0. The van der Waals surface area contributed by atoms with Crippen molar-refractivity contribution >= 4 is 0 Å². The number of hydrogen-bond donors (Lipinski definition) is 2. The smallest absolute Gasteiger partial charge is 0.127 e. The van der Waals surface area contributed by atoms with Crippen LogP contribution in [0.4, 0.5) is 0 Å². The third-order valence-corrected chi connectivity index (χ3v) is 11.8. The van der Waals surface area contributed by atoms with Crippen LogP contribution in [0.25, 0.3) is 66.8 Å². The van der Waals surface area contributed by atoms with E-state index in [4.69, 9.17) is 0 Å². The summed E-state index contributed by atoms with van der Waals surface area (Å²) in [6.45, 7) is 13.4. The summed E-state index contributed by atoms with van der Waals surface area (Å²) in [6, 6.07) is 47.6. The maximum Gasteiger partial charge on any atom is 0.127 e. The Morgan fingerprint density at radius 1 is 0.370 bits per heavy atom. The summed E-state index contributed by atoms with van der Waals surface area (Å²) in [6.07, 6.45) is 1.54. The van der Waals surface area contributed by atoms with Crippen LogP contribution in [0.1, 0.15) is 74.9 Å². The minimum atomic E-state index is 0.0332. The van der Waals surface area contributed by atoms with Crippen LogP contribution in [-0.2, 0) is 23.7 Å². The van der Waals surface area contributed by atoms with Gasteiger partial charge in [-0.2, -0.15) is 0 Å². The van der Waals surface area contributed by atoms with E-state index in [0.29, 0.717) is 0 Å². The fourth-order valence-electron chi connectivity index (χ4n) is 8.80. The fourth-order valence-corrected chi connectivity index (χ4v) is 8.80. The average Bonchev–Trinajstić information content (AvgIpc) is 3.73. The van der Waals surface area contributed by atoms with Gasteiger partial charge in [0.05, 0.1) is 0 Å². The second-order valence-corrected chi connectivity index (χ2v) is 17.2. The molecule has 0 spiro atoms. The summed E-state index contributed by atoms with van der Waals surface area (Å²) >= 11 is 0. The number of benzene rings is 7. The molecule has 0 saturated carbocycles. The van der Waals surface area contributed by atoms with Gasteiger partial charge in [0, 0.05) is 17.2 Å². The second kappa shape index (κ2) is 12.4. The molecule has 54 heavy (non-hydrogen) atoms. The van der Waals surface area contributed by atoms with E-state index in [1.807, 2.05) is 0 Å². The van der Waals surface area contributed by atoms with E-state index >= 15 is 0 Å². The molecule has 2 N–H and O–H groups in total. The standard InChI is InChI=1S/C52H46O2/c1-51(2,3)35-19-15-31(16-20-35)39-23-25-41-37-13-9-7-11-33(37)27-43(41)49(39)45-29-46(48(54)30-47(45)53)50-40(32-17-21-36(22-18-32)52(4,5)6)24-26-42-38-14-10-8-12-34(38)28-44(42)50/h7-26,29-30,53-54H,27-28H2,1-6H3. The first kappa shape index (κ1) is 33.9. The summed E-state index contributed by atoms with van der Waals surface area (Å²) in [5.74, 6) is 0.139. The van der Waals surface area contributed by atoms with Gasteiger partial charge in [-0.3, -0.25) is 0 Å². The van der Waals surface area contributed by atoms with Crippen LogP contribution < -0.4 is 0 Å². The van der Waals surface area contributed by atoms with Gasteiger partial charge >= 0.3 is 0 Å². The van der Waals surface area contributed by atoms with Crippen molar-refractivity contribution in [3.8, 4) is 78.3 Å². The van der Waals surface area contributed by atoms with E-state index in [-0.39, 0.29) is 22.3 Å². The maximum absolute atomic E-state index is 12.0. The van der Waals surface area contributed by atoms with Gasteiger partial charge in [0.25, 0.3) is 0 Å². The predicted octanol–water partition coefficient (Wildman–Crippen LogP) is 13.5. The molecule has 0 unspecified atom stereocenters. The Bertz CT molecular complexity index is 2430. The zero-order valence-electron chi connectivity index (χ0n) is 32.0. The molecule has 266 valence electrons. The van der Waals surface area contributed by atoms with Gasteiger partial charge in [0.2, 0.25) is 0 Å². The number of phenolic OH excluding ortho intramolecular Hbond substituents is 2. The molecule has 9 rings (SSSR count). The van der Waals surface area contributed by atoms with E-state index < -0.39 is 0 Å². The Balaban J connectivity index is 1.30. The number of phenols is 2. The lowest BCUT2D eigenvalue weighted by Gasteiger charge is -2.22. The van der Waals surface area contributed by atoms with E-state index in [0.717, 1.165) is 57.3 Å². The van der Waals surface area contributed by atoms with E-state index in [2.05, 4.69) is 169 Å². The van der Waals surface area contributed by atoms with Crippen molar-refractivity contribution in [2.24, 2.45) is 0 Å². The molecule has 0 radical (unpaired) electrons. The lowest BCUT2D eigenvalue weighted by atomic mass is 9.82. The number of fused-ring (bicyclic) bond motifs is 6. The maximum atomic E-state index is 12.0. The molecule has 0 aliphatic heterocycles. The fraction of sp³-hybridized carbons (Fsp3) is 0.192. The molecular weight excluding hydrogens is 657 g/mol. The largest absolute Gasteiger partial charge is 0.507 e. The van der Waals surface area contributed by atoms with Crippen molar-refractivity contribution in [1.82, 2.24) is 0 Å². The highest BCUT2D eigenvalue weighted by Crippen LogP contribution is 2.53. The zero-order chi connectivity index (χ0) is 37.5. The first-order valence-electron chi connectivity index (χ1n) is 19.1. The molecule has 0 amide bonds. The highest BCUT2D eigenvalue weighted by Gasteiger charge is 2.30. The van der Waals surface area contributed by atoms with Crippen LogP contribution in [0.15, 0.2) is 133 Å². The van der Waals surface area contributed by atoms with Crippen molar-refractivity contribution in [1.29, 1.82) is 0 Å². The molecule has 0 fully saturated rings. The minimum absolute atomic E-state index is 0.0332. The Morgan fingerprint density at radius 2 is 0.741 bits per heavy atom. The molecule has 0 atom stereocenters. The molecule has 2 aliphatic carbocycles. The van der Waals surface area contributed by atoms with E-state index in [9.17, 15) is 10.2 Å². The van der Waals surface area contributed by atoms with Crippen LogP contribution in [0.5, 0.6) is 11.5 Å². The van der Waals surface area contributed by atoms with Crippen molar-refractivity contribution in [2.75, 3.05) is 0 Å². The van der Waals surface area contributed by atoms with Crippen molar-refractivity contribution < 1.29 is 10.2 Å². The van der Waals surface area contributed by atoms with Gasteiger partial charge in [0.1, 0.15) is 11.5 Å². The van der Waals surface area contributed by atoms with Gasteiger partial charge in [-0.15, -0.1) is 0 Å². The minimum Gasteiger partial charge on any atom is -0.507 e. The van der Waals surface area contributed by atoms with Crippen LogP contribution >= 0.6 is 0 Å². The zero-order valence-corrected chi connectivity index (χ0v) is 32.0. The lowest BCUT2D eigenvalue weighted by molar-refractivity contribution is 0.453. The highest BCUT2D eigenvalue weighted by atomic mass is 16.3. The van der Waals surface area contributed by atoms with Crippen molar-refractivity contribution in [3.63, 3.8) is 0 Å². The van der Waals surface area contributed by atoms with Crippen LogP contribution in [0, 0.1) is 0 Å². The summed E-state index contributed by atoms with van der Waals surface area (Å²) < 4.78 is 0. The third kappa shape index (κ3) is 5.55. The van der Waals surface area contributed by atoms with E-state index in [1.54, 1.807) is 6.07 Å². The molecule has 0 aromatic heterocycles. The van der Waals surface area contributed by atoms with Crippen LogP contribution in [0.2, 0.25) is 0 Å². The summed E-state index contributed by atoms with van der Waals surface area (Å²) in [5.41, 5.74) is 20.3. The molecule has 2 nitrogen and oxygen atoms in total. The van der Waals surface area contributed by atoms with Crippen molar-refractivity contribution in [2.45, 2.75) is 65.2 Å². The Kier molecular flexibility index (Phi) is 7.76. The molecule has 7 aromatic rings. The summed E-state index contributed by atoms with van der Waals surface area (Å²) in [5, 5.41) is 23.9. The Morgan fingerprint density at radius 3 is 1.13 bits per heavy atom. The summed E-state index contributed by atoms with van der Waals surface area (Å²) in [7, 11) is 0. The SMILES string of the molecule is CC(C)(C)c1ccc(-c2ccc3c(c2-c2cc(-c4c(-c5ccc(C(C)(C)C)cc5)ccc5c4Cc4ccccc4-5)c(O)cc2O)Cc2ccccc2-3)cc1. The molecule has 7 aromatic carbocycles. The Hall–Kier alpha value is -5.86. The first-order valence-corrected chi connectivity index (χ1v) is 19.1. The topological polar surface area (TPSA) is 40.5 Å². The van der Waals surface area contributed by atoms with Gasteiger partial charge in [-0.1, -0.05) is 163 Å². The lowest BCUT2D eigenvalue weighted by Crippen LogP contribution is -2.10. The molecule has 0 heterocycles.